The van der Waals surface area contributed by atoms with Gasteiger partial charge in [-0.05, 0) is 31.8 Å². The Labute approximate surface area is 102 Å². The van der Waals surface area contributed by atoms with Crippen LogP contribution >= 0.6 is 0 Å². The molecule has 0 bridgehead atoms. The molecule has 0 radical (unpaired) electrons. The largest absolute Gasteiger partial charge is 0.458 e. The van der Waals surface area contributed by atoms with Gasteiger partial charge in [-0.1, -0.05) is 13.2 Å². The highest BCUT2D eigenvalue weighted by Crippen LogP contribution is 2.24. The first kappa shape index (κ1) is 11.8. The van der Waals surface area contributed by atoms with Crippen LogP contribution < -0.4 is 5.32 Å². The van der Waals surface area contributed by atoms with E-state index in [1.54, 1.807) is 6.26 Å². The molecule has 3 heteroatoms. The Kier molecular flexibility index (Phi) is 3.57. The molecule has 3 nitrogen and oxygen atoms in total. The number of nitrogens with one attached hydrogen (secondary N) is 1. The Hall–Kier alpha value is -1.64. The van der Waals surface area contributed by atoms with Crippen molar-refractivity contribution in [3.8, 4) is 0 Å². The molecular formula is C14H19NO2. The van der Waals surface area contributed by atoms with E-state index >= 15 is 0 Å². The van der Waals surface area contributed by atoms with Gasteiger partial charge in [0.2, 0.25) is 0 Å². The molecule has 0 aromatic carbocycles. The van der Waals surface area contributed by atoms with Crippen LogP contribution in [0.5, 0.6) is 0 Å². The van der Waals surface area contributed by atoms with Crippen LogP contribution in [-0.4, -0.2) is 12.8 Å². The summed E-state index contributed by atoms with van der Waals surface area (Å²) in [7, 11) is 0. The minimum absolute atomic E-state index is 0.342. The quantitative estimate of drug-likeness (QED) is 0.744. The maximum atomic E-state index is 5.59. The molecule has 1 saturated heterocycles. The van der Waals surface area contributed by atoms with E-state index in [0.717, 1.165) is 36.2 Å². The lowest BCUT2D eigenvalue weighted by Gasteiger charge is -2.12. The normalized spacial score (nSPS) is 27.2. The Morgan fingerprint density at radius 1 is 1.47 bits per heavy atom. The highest BCUT2D eigenvalue weighted by atomic mass is 16.7. The van der Waals surface area contributed by atoms with Crippen LogP contribution in [-0.2, 0) is 9.47 Å². The average molecular weight is 233 g/mol. The minimum Gasteiger partial charge on any atom is -0.458 e. The summed E-state index contributed by atoms with van der Waals surface area (Å²) in [5.41, 5.74) is 3.11. The fourth-order valence-corrected chi connectivity index (χ4v) is 1.85. The summed E-state index contributed by atoms with van der Waals surface area (Å²) in [6.45, 7) is 10.7. The number of rotatable bonds is 2. The van der Waals surface area contributed by atoms with Crippen molar-refractivity contribution in [2.45, 2.75) is 32.5 Å². The highest BCUT2D eigenvalue weighted by molar-refractivity contribution is 5.28. The van der Waals surface area contributed by atoms with E-state index in [9.17, 15) is 0 Å². The summed E-state index contributed by atoms with van der Waals surface area (Å²) < 4.78 is 11.0. The average Bonchev–Trinajstić information content (AvgIpc) is 2.50. The van der Waals surface area contributed by atoms with Gasteiger partial charge in [0.15, 0.2) is 0 Å². The van der Waals surface area contributed by atoms with Gasteiger partial charge >= 0.3 is 0 Å². The van der Waals surface area contributed by atoms with Crippen LogP contribution in [0.2, 0.25) is 0 Å². The van der Waals surface area contributed by atoms with Gasteiger partial charge in [-0.25, -0.2) is 0 Å². The van der Waals surface area contributed by atoms with Gasteiger partial charge in [-0.2, -0.15) is 0 Å². The zero-order valence-electron chi connectivity index (χ0n) is 10.3. The van der Waals surface area contributed by atoms with Gasteiger partial charge in [0.25, 0.3) is 6.29 Å². The lowest BCUT2D eigenvalue weighted by molar-refractivity contribution is -0.0228. The fraction of sp³-hybridized carbons (Fsp3) is 0.429. The van der Waals surface area contributed by atoms with Crippen molar-refractivity contribution in [1.82, 2.24) is 5.32 Å². The molecule has 0 aromatic rings. The molecule has 2 aliphatic rings. The van der Waals surface area contributed by atoms with Gasteiger partial charge < -0.3 is 14.8 Å². The van der Waals surface area contributed by atoms with Crippen LogP contribution in [0.4, 0.5) is 0 Å². The third kappa shape index (κ3) is 2.93. The highest BCUT2D eigenvalue weighted by Gasteiger charge is 2.18. The second-order valence-corrected chi connectivity index (χ2v) is 4.40. The number of hydrogen-bond donors (Lipinski definition) is 1. The smallest absolute Gasteiger partial charge is 0.260 e. The SMILES string of the molecule is C=C1OC(O/C=C2\CCCCNC2=C)C=C1C. The van der Waals surface area contributed by atoms with Crippen molar-refractivity contribution < 1.29 is 9.47 Å². The lowest BCUT2D eigenvalue weighted by Crippen LogP contribution is -2.13. The number of allylic oxidation sites excluding steroid dienone is 2. The van der Waals surface area contributed by atoms with Gasteiger partial charge in [0.05, 0.1) is 6.26 Å². The standard InChI is InChI=1S/C14H19NO2/c1-10-8-14(17-12(10)3)16-9-13-6-4-5-7-15-11(13)2/h8-9,14-15H,2-7H2,1H3/b13-9+. The number of hydrogen-bond acceptors (Lipinski definition) is 3. The molecular weight excluding hydrogens is 214 g/mol. The molecule has 17 heavy (non-hydrogen) atoms. The van der Waals surface area contributed by atoms with Crippen LogP contribution in [0.1, 0.15) is 26.2 Å². The molecule has 1 fully saturated rings. The lowest BCUT2D eigenvalue weighted by atomic mass is 10.1. The van der Waals surface area contributed by atoms with Gasteiger partial charge in [0.1, 0.15) is 5.76 Å². The first-order valence-electron chi connectivity index (χ1n) is 5.99. The molecule has 1 unspecified atom stereocenters. The summed E-state index contributed by atoms with van der Waals surface area (Å²) in [4.78, 5) is 0. The van der Waals surface area contributed by atoms with E-state index in [-0.39, 0.29) is 6.29 Å². The van der Waals surface area contributed by atoms with Gasteiger partial charge in [-0.3, -0.25) is 0 Å². The zero-order valence-corrected chi connectivity index (χ0v) is 10.3. The molecule has 0 amide bonds. The Bertz CT molecular complexity index is 393. The topological polar surface area (TPSA) is 30.5 Å². The molecule has 2 rings (SSSR count). The van der Waals surface area contributed by atoms with Crippen molar-refractivity contribution in [2.75, 3.05) is 6.54 Å². The Morgan fingerprint density at radius 2 is 2.29 bits per heavy atom. The molecule has 0 spiro atoms. The summed E-state index contributed by atoms with van der Waals surface area (Å²) in [5.74, 6) is 0.686. The minimum atomic E-state index is -0.342. The molecule has 2 heterocycles. The van der Waals surface area contributed by atoms with E-state index < -0.39 is 0 Å². The molecule has 1 N–H and O–H groups in total. The van der Waals surface area contributed by atoms with Crippen molar-refractivity contribution in [3.05, 3.63) is 48.1 Å². The summed E-state index contributed by atoms with van der Waals surface area (Å²) in [6.07, 6.45) is 6.67. The van der Waals surface area contributed by atoms with Crippen molar-refractivity contribution in [3.63, 3.8) is 0 Å². The van der Waals surface area contributed by atoms with Crippen LogP contribution in [0.3, 0.4) is 0 Å². The third-order valence-electron chi connectivity index (χ3n) is 3.03. The Balaban J connectivity index is 1.95. The molecule has 0 aromatic heterocycles. The first-order chi connectivity index (χ1) is 8.16. The zero-order chi connectivity index (χ0) is 12.3. The maximum Gasteiger partial charge on any atom is 0.260 e. The maximum absolute atomic E-state index is 5.59. The first-order valence-corrected chi connectivity index (χ1v) is 5.99. The second-order valence-electron chi connectivity index (χ2n) is 4.40. The number of ether oxygens (including phenoxy) is 2. The predicted octanol–water partition coefficient (Wildman–Crippen LogP) is 2.99. The molecule has 1 atom stereocenters. The van der Waals surface area contributed by atoms with Crippen molar-refractivity contribution in [1.29, 1.82) is 0 Å². The van der Waals surface area contributed by atoms with Crippen LogP contribution in [0.25, 0.3) is 0 Å². The van der Waals surface area contributed by atoms with E-state index in [0.29, 0.717) is 5.76 Å². The van der Waals surface area contributed by atoms with Crippen LogP contribution in [0.15, 0.2) is 48.1 Å². The van der Waals surface area contributed by atoms with E-state index in [1.165, 1.54) is 6.42 Å². The second kappa shape index (κ2) is 5.13. The summed E-state index contributed by atoms with van der Waals surface area (Å²) >= 11 is 0. The van der Waals surface area contributed by atoms with E-state index in [1.807, 2.05) is 13.0 Å². The fourth-order valence-electron chi connectivity index (χ4n) is 1.85. The monoisotopic (exact) mass is 233 g/mol. The predicted molar refractivity (Wildman–Crippen MR) is 67.9 cm³/mol. The molecule has 0 saturated carbocycles. The van der Waals surface area contributed by atoms with Crippen molar-refractivity contribution in [2.24, 2.45) is 0 Å². The van der Waals surface area contributed by atoms with E-state index in [4.69, 9.17) is 9.47 Å². The van der Waals surface area contributed by atoms with Gasteiger partial charge in [-0.15, -0.1) is 0 Å². The summed E-state index contributed by atoms with van der Waals surface area (Å²) in [6, 6.07) is 0. The Morgan fingerprint density at radius 3 is 3.00 bits per heavy atom. The van der Waals surface area contributed by atoms with E-state index in [2.05, 4.69) is 18.5 Å². The molecule has 2 aliphatic heterocycles. The molecule has 0 aliphatic carbocycles. The summed E-state index contributed by atoms with van der Waals surface area (Å²) in [5, 5.41) is 3.27. The third-order valence-corrected chi connectivity index (χ3v) is 3.03. The van der Waals surface area contributed by atoms with Gasteiger partial charge in [0, 0.05) is 23.9 Å². The molecule has 92 valence electrons. The van der Waals surface area contributed by atoms with Crippen LogP contribution in [0, 0.1) is 0 Å². The van der Waals surface area contributed by atoms with Crippen molar-refractivity contribution >= 4 is 0 Å².